The van der Waals surface area contributed by atoms with Crippen LogP contribution in [0.1, 0.15) is 11.3 Å². The van der Waals surface area contributed by atoms with Gasteiger partial charge in [-0.15, -0.1) is 0 Å². The van der Waals surface area contributed by atoms with E-state index in [0.29, 0.717) is 22.6 Å². The van der Waals surface area contributed by atoms with Crippen molar-refractivity contribution in [3.05, 3.63) is 80.2 Å². The lowest BCUT2D eigenvalue weighted by Crippen LogP contribution is -1.98. The molecule has 0 spiro atoms. The van der Waals surface area contributed by atoms with Gasteiger partial charge in [0.25, 0.3) is 5.69 Å². The standard InChI is InChI=1S/C17H13N5O5/c1-11-9-12(21(23)24)4-6-14(11)16-7-5-13(27-16)10-19-20-17-15(22(25)26)3-2-8-18-17/h2-10H,1H3,(H,18,20)/b19-10+. The van der Waals surface area contributed by atoms with Gasteiger partial charge < -0.3 is 4.42 Å². The SMILES string of the molecule is Cc1cc([N+](=O)[O-])ccc1-c1ccc(/C=N/Nc2ncccc2[N+](=O)[O-])o1. The molecule has 0 amide bonds. The Balaban J connectivity index is 1.76. The summed E-state index contributed by atoms with van der Waals surface area (Å²) in [6.45, 7) is 1.75. The fourth-order valence-electron chi connectivity index (χ4n) is 2.39. The maximum Gasteiger partial charge on any atom is 0.313 e. The summed E-state index contributed by atoms with van der Waals surface area (Å²) in [6.07, 6.45) is 2.76. The molecule has 136 valence electrons. The van der Waals surface area contributed by atoms with Gasteiger partial charge in [0, 0.05) is 30.0 Å². The lowest BCUT2D eigenvalue weighted by atomic mass is 10.1. The molecule has 3 rings (SSSR count). The average molecular weight is 367 g/mol. The molecule has 0 aliphatic heterocycles. The molecule has 10 heteroatoms. The van der Waals surface area contributed by atoms with Crippen molar-refractivity contribution in [2.45, 2.75) is 6.92 Å². The van der Waals surface area contributed by atoms with Crippen LogP contribution in [-0.4, -0.2) is 21.0 Å². The van der Waals surface area contributed by atoms with Gasteiger partial charge >= 0.3 is 5.69 Å². The predicted molar refractivity (Wildman–Crippen MR) is 97.6 cm³/mol. The molecule has 2 aromatic heterocycles. The number of aryl methyl sites for hydroxylation is 1. The summed E-state index contributed by atoms with van der Waals surface area (Å²) < 4.78 is 5.65. The number of anilines is 1. The van der Waals surface area contributed by atoms with E-state index in [2.05, 4.69) is 15.5 Å². The van der Waals surface area contributed by atoms with Gasteiger partial charge in [-0.3, -0.25) is 25.7 Å². The fourth-order valence-corrected chi connectivity index (χ4v) is 2.39. The number of rotatable bonds is 6. The predicted octanol–water partition coefficient (Wildman–Crippen LogP) is 3.91. The van der Waals surface area contributed by atoms with Crippen molar-refractivity contribution in [1.29, 1.82) is 0 Å². The third-order valence-corrected chi connectivity index (χ3v) is 3.66. The van der Waals surface area contributed by atoms with Gasteiger partial charge in [0.05, 0.1) is 16.1 Å². The third kappa shape index (κ3) is 3.95. The number of nitro benzene ring substituents is 1. The first-order chi connectivity index (χ1) is 13.0. The molecule has 0 bridgehead atoms. The molecule has 27 heavy (non-hydrogen) atoms. The van der Waals surface area contributed by atoms with Crippen LogP contribution in [-0.2, 0) is 0 Å². The highest BCUT2D eigenvalue weighted by atomic mass is 16.6. The highest BCUT2D eigenvalue weighted by Gasteiger charge is 2.14. The molecule has 3 aromatic rings. The van der Waals surface area contributed by atoms with Gasteiger partial charge in [-0.1, -0.05) is 0 Å². The van der Waals surface area contributed by atoms with Crippen molar-refractivity contribution in [1.82, 2.24) is 4.98 Å². The maximum absolute atomic E-state index is 10.9. The Kier molecular flexibility index (Phi) is 4.88. The minimum atomic E-state index is -0.562. The molecule has 0 saturated carbocycles. The van der Waals surface area contributed by atoms with E-state index in [0.717, 1.165) is 0 Å². The van der Waals surface area contributed by atoms with Gasteiger partial charge in [-0.25, -0.2) is 4.98 Å². The zero-order valence-electron chi connectivity index (χ0n) is 14.0. The summed E-state index contributed by atoms with van der Waals surface area (Å²) in [6, 6.07) is 10.6. The molecular formula is C17H13N5O5. The van der Waals surface area contributed by atoms with Crippen LogP contribution in [0, 0.1) is 27.2 Å². The van der Waals surface area contributed by atoms with Crippen molar-refractivity contribution in [3.63, 3.8) is 0 Å². The summed E-state index contributed by atoms with van der Waals surface area (Å²) in [5, 5.41) is 25.6. The zero-order valence-corrected chi connectivity index (χ0v) is 14.0. The number of furan rings is 1. The minimum Gasteiger partial charge on any atom is -0.455 e. The Bertz CT molecular complexity index is 1040. The molecule has 1 aromatic carbocycles. The lowest BCUT2D eigenvalue weighted by molar-refractivity contribution is -0.384. The largest absolute Gasteiger partial charge is 0.455 e. The van der Waals surface area contributed by atoms with E-state index in [1.807, 2.05) is 0 Å². The van der Waals surface area contributed by atoms with Crippen LogP contribution in [0.4, 0.5) is 17.2 Å². The molecule has 0 atom stereocenters. The van der Waals surface area contributed by atoms with Crippen LogP contribution < -0.4 is 5.43 Å². The molecule has 0 aliphatic carbocycles. The molecule has 0 aliphatic rings. The monoisotopic (exact) mass is 367 g/mol. The summed E-state index contributed by atoms with van der Waals surface area (Å²) >= 11 is 0. The highest BCUT2D eigenvalue weighted by Crippen LogP contribution is 2.28. The Labute approximate surface area is 152 Å². The van der Waals surface area contributed by atoms with E-state index in [1.165, 1.54) is 36.7 Å². The maximum atomic E-state index is 10.9. The van der Waals surface area contributed by atoms with E-state index in [-0.39, 0.29) is 17.2 Å². The number of nitrogens with one attached hydrogen (secondary N) is 1. The number of non-ortho nitro benzene ring substituents is 1. The van der Waals surface area contributed by atoms with Gasteiger partial charge in [0.2, 0.25) is 5.82 Å². The second-order valence-corrected chi connectivity index (χ2v) is 5.46. The molecule has 0 saturated heterocycles. The average Bonchev–Trinajstić information content (AvgIpc) is 3.10. The molecule has 0 radical (unpaired) electrons. The van der Waals surface area contributed by atoms with Crippen molar-refractivity contribution < 1.29 is 14.3 Å². The van der Waals surface area contributed by atoms with Crippen LogP contribution in [0.5, 0.6) is 0 Å². The second kappa shape index (κ2) is 7.44. The summed E-state index contributed by atoms with van der Waals surface area (Å²) in [7, 11) is 0. The molecule has 0 unspecified atom stereocenters. The number of aromatic nitrogens is 1. The Morgan fingerprint density at radius 2 is 1.96 bits per heavy atom. The molecule has 1 N–H and O–H groups in total. The van der Waals surface area contributed by atoms with Crippen molar-refractivity contribution >= 4 is 23.4 Å². The van der Waals surface area contributed by atoms with Gasteiger partial charge in [0.15, 0.2) is 0 Å². The number of hydrogen-bond donors (Lipinski definition) is 1. The van der Waals surface area contributed by atoms with E-state index in [1.54, 1.807) is 25.1 Å². The number of pyridine rings is 1. The molecule has 2 heterocycles. The van der Waals surface area contributed by atoms with Crippen molar-refractivity contribution in [2.24, 2.45) is 5.10 Å². The van der Waals surface area contributed by atoms with Crippen molar-refractivity contribution in [3.8, 4) is 11.3 Å². The zero-order chi connectivity index (χ0) is 19.4. The van der Waals surface area contributed by atoms with Crippen LogP contribution in [0.15, 0.2) is 58.2 Å². The Hall–Kier alpha value is -4.08. The lowest BCUT2D eigenvalue weighted by Gasteiger charge is -2.02. The first-order valence-corrected chi connectivity index (χ1v) is 7.69. The summed E-state index contributed by atoms with van der Waals surface area (Å²) in [4.78, 5) is 24.6. The van der Waals surface area contributed by atoms with E-state index < -0.39 is 9.85 Å². The summed E-state index contributed by atoms with van der Waals surface area (Å²) in [5.41, 5.74) is 3.73. The quantitative estimate of drug-likeness (QED) is 0.396. The minimum absolute atomic E-state index is 0.00532. The number of nitrogens with zero attached hydrogens (tertiary/aromatic N) is 4. The second-order valence-electron chi connectivity index (χ2n) is 5.46. The first kappa shape index (κ1) is 17.7. The smallest absolute Gasteiger partial charge is 0.313 e. The number of nitro groups is 2. The van der Waals surface area contributed by atoms with Crippen molar-refractivity contribution in [2.75, 3.05) is 5.43 Å². The van der Waals surface area contributed by atoms with E-state index >= 15 is 0 Å². The van der Waals surface area contributed by atoms with Gasteiger partial charge in [-0.05, 0) is 36.8 Å². The van der Waals surface area contributed by atoms with Crippen LogP contribution >= 0.6 is 0 Å². The number of benzene rings is 1. The van der Waals surface area contributed by atoms with E-state index in [4.69, 9.17) is 4.42 Å². The van der Waals surface area contributed by atoms with E-state index in [9.17, 15) is 20.2 Å². The highest BCUT2D eigenvalue weighted by molar-refractivity contribution is 5.78. The Morgan fingerprint density at radius 3 is 2.67 bits per heavy atom. The molecular weight excluding hydrogens is 354 g/mol. The van der Waals surface area contributed by atoms with Gasteiger partial charge in [-0.2, -0.15) is 5.10 Å². The Morgan fingerprint density at radius 1 is 1.15 bits per heavy atom. The van der Waals surface area contributed by atoms with Crippen LogP contribution in [0.2, 0.25) is 0 Å². The topological polar surface area (TPSA) is 137 Å². The van der Waals surface area contributed by atoms with Crippen LogP contribution in [0.3, 0.4) is 0 Å². The number of hydrogen-bond acceptors (Lipinski definition) is 8. The number of hydrazone groups is 1. The normalized spacial score (nSPS) is 10.9. The third-order valence-electron chi connectivity index (χ3n) is 3.66. The van der Waals surface area contributed by atoms with Crippen LogP contribution in [0.25, 0.3) is 11.3 Å². The summed E-state index contributed by atoms with van der Waals surface area (Å²) in [5.74, 6) is 0.929. The van der Waals surface area contributed by atoms with Gasteiger partial charge in [0.1, 0.15) is 11.5 Å². The molecule has 0 fully saturated rings. The first-order valence-electron chi connectivity index (χ1n) is 7.69. The fraction of sp³-hybridized carbons (Fsp3) is 0.0588. The molecule has 10 nitrogen and oxygen atoms in total.